The normalized spacial score (nSPS) is 17.5. The maximum Gasteiger partial charge on any atom is 0.407 e. The Balaban J connectivity index is 1.73. The highest BCUT2D eigenvalue weighted by Gasteiger charge is 2.39. The molecule has 28 heavy (non-hydrogen) atoms. The third-order valence-corrected chi connectivity index (χ3v) is 5.30. The quantitative estimate of drug-likeness (QED) is 0.580. The number of carbonyl (C=O) groups is 2. The fourth-order valence-corrected chi connectivity index (χ4v) is 3.83. The molecule has 0 radical (unpaired) electrons. The Kier molecular flexibility index (Phi) is 6.21. The lowest BCUT2D eigenvalue weighted by Gasteiger charge is -2.42. The van der Waals surface area contributed by atoms with Crippen LogP contribution in [0.1, 0.15) is 51.0 Å². The fraction of sp³-hybridized carbons (Fsp3) is 0.524. The second-order valence-corrected chi connectivity index (χ2v) is 7.26. The molecule has 1 fully saturated rings. The molecule has 3 rings (SSSR count). The lowest BCUT2D eigenvalue weighted by Crippen LogP contribution is -2.49. The van der Waals surface area contributed by atoms with Gasteiger partial charge in [0.1, 0.15) is 17.2 Å². The standard InChI is InChI=1S/C21H26FNO5/c1-2-27-19(24)6-4-3-5-15-14-21(9-11-23(12-10-21)20(25)26)28-18-8-7-16(22)13-17(15)18/h7-8,13-14H,2-6,9-12H2,1H3,(H,25,26). The van der Waals surface area contributed by atoms with Gasteiger partial charge in [-0.05, 0) is 56.0 Å². The van der Waals surface area contributed by atoms with Crippen LogP contribution in [0.2, 0.25) is 0 Å². The Morgan fingerprint density at radius 1 is 1.29 bits per heavy atom. The summed E-state index contributed by atoms with van der Waals surface area (Å²) in [6.07, 6.45) is 4.77. The molecule has 1 saturated heterocycles. The second-order valence-electron chi connectivity index (χ2n) is 7.26. The van der Waals surface area contributed by atoms with Crippen LogP contribution in [0.15, 0.2) is 24.3 Å². The first-order valence-electron chi connectivity index (χ1n) is 9.76. The minimum Gasteiger partial charge on any atom is -0.482 e. The molecule has 0 saturated carbocycles. The van der Waals surface area contributed by atoms with Crippen molar-refractivity contribution in [3.63, 3.8) is 0 Å². The average Bonchev–Trinajstić information content (AvgIpc) is 2.66. The molecule has 152 valence electrons. The lowest BCUT2D eigenvalue weighted by molar-refractivity contribution is -0.143. The molecule has 7 heteroatoms. The van der Waals surface area contributed by atoms with E-state index in [2.05, 4.69) is 0 Å². The van der Waals surface area contributed by atoms with Crippen molar-refractivity contribution in [1.82, 2.24) is 4.90 Å². The number of fused-ring (bicyclic) bond motifs is 1. The van der Waals surface area contributed by atoms with E-state index in [1.807, 2.05) is 6.08 Å². The van der Waals surface area contributed by atoms with Crippen molar-refractivity contribution in [2.24, 2.45) is 0 Å². The number of benzene rings is 1. The van der Waals surface area contributed by atoms with Gasteiger partial charge in [-0.25, -0.2) is 9.18 Å². The molecule has 1 amide bonds. The molecule has 0 bridgehead atoms. The number of rotatable bonds is 6. The summed E-state index contributed by atoms with van der Waals surface area (Å²) in [6.45, 7) is 2.96. The molecule has 1 aromatic carbocycles. The lowest BCUT2D eigenvalue weighted by atomic mass is 9.83. The summed E-state index contributed by atoms with van der Waals surface area (Å²) in [7, 11) is 0. The summed E-state index contributed by atoms with van der Waals surface area (Å²) < 4.78 is 25.0. The van der Waals surface area contributed by atoms with Gasteiger partial charge in [-0.2, -0.15) is 0 Å². The molecule has 1 N–H and O–H groups in total. The van der Waals surface area contributed by atoms with Gasteiger partial charge in [-0.15, -0.1) is 0 Å². The first-order chi connectivity index (χ1) is 13.4. The van der Waals surface area contributed by atoms with Crippen molar-refractivity contribution in [3.8, 4) is 5.75 Å². The molecule has 1 spiro atoms. The van der Waals surface area contributed by atoms with Crippen molar-refractivity contribution < 1.29 is 28.6 Å². The number of hydrogen-bond donors (Lipinski definition) is 1. The number of nitrogens with zero attached hydrogens (tertiary/aromatic N) is 1. The predicted octanol–water partition coefficient (Wildman–Crippen LogP) is 4.24. The van der Waals surface area contributed by atoms with E-state index >= 15 is 0 Å². The van der Waals surface area contributed by atoms with Crippen molar-refractivity contribution in [3.05, 3.63) is 35.7 Å². The van der Waals surface area contributed by atoms with Gasteiger partial charge in [0.25, 0.3) is 0 Å². The molecular formula is C21H26FNO5. The van der Waals surface area contributed by atoms with Gasteiger partial charge in [-0.3, -0.25) is 4.79 Å². The Morgan fingerprint density at radius 2 is 2.04 bits per heavy atom. The van der Waals surface area contributed by atoms with E-state index in [1.165, 1.54) is 17.0 Å². The van der Waals surface area contributed by atoms with Gasteiger partial charge < -0.3 is 19.5 Å². The van der Waals surface area contributed by atoms with Crippen LogP contribution in [0, 0.1) is 5.82 Å². The van der Waals surface area contributed by atoms with Crippen LogP contribution in [0.25, 0.3) is 5.57 Å². The number of piperidine rings is 1. The smallest absolute Gasteiger partial charge is 0.407 e. The Hall–Kier alpha value is -2.57. The second kappa shape index (κ2) is 8.63. The van der Waals surface area contributed by atoms with E-state index in [1.54, 1.807) is 13.0 Å². The average molecular weight is 391 g/mol. The van der Waals surface area contributed by atoms with Gasteiger partial charge in [0.15, 0.2) is 0 Å². The number of ether oxygens (including phenoxy) is 2. The minimum atomic E-state index is -0.920. The van der Waals surface area contributed by atoms with Crippen LogP contribution in [0.3, 0.4) is 0 Å². The van der Waals surface area contributed by atoms with E-state index in [9.17, 15) is 19.1 Å². The van der Waals surface area contributed by atoms with Crippen molar-refractivity contribution in [2.75, 3.05) is 19.7 Å². The maximum atomic E-state index is 13.8. The number of carbonyl (C=O) groups excluding carboxylic acids is 1. The van der Waals surface area contributed by atoms with E-state index in [0.29, 0.717) is 57.6 Å². The summed E-state index contributed by atoms with van der Waals surface area (Å²) in [5.41, 5.74) is 1.17. The Morgan fingerprint density at radius 3 is 2.71 bits per heavy atom. The van der Waals surface area contributed by atoms with E-state index < -0.39 is 11.7 Å². The number of hydrogen-bond acceptors (Lipinski definition) is 4. The molecule has 2 aliphatic heterocycles. The van der Waals surface area contributed by atoms with Gasteiger partial charge in [-0.1, -0.05) is 0 Å². The Labute approximate surface area is 163 Å². The van der Waals surface area contributed by atoms with Crippen LogP contribution in [-0.4, -0.2) is 47.4 Å². The van der Waals surface area contributed by atoms with Crippen molar-refractivity contribution in [2.45, 2.75) is 51.0 Å². The van der Waals surface area contributed by atoms with Crippen LogP contribution < -0.4 is 4.74 Å². The van der Waals surface area contributed by atoms with Gasteiger partial charge in [0.05, 0.1) is 6.61 Å². The van der Waals surface area contributed by atoms with Crippen molar-refractivity contribution >= 4 is 17.6 Å². The zero-order chi connectivity index (χ0) is 20.1. The summed E-state index contributed by atoms with van der Waals surface area (Å²) in [6, 6.07) is 4.50. The molecule has 2 aliphatic rings. The van der Waals surface area contributed by atoms with Crippen molar-refractivity contribution in [1.29, 1.82) is 0 Å². The highest BCUT2D eigenvalue weighted by atomic mass is 19.1. The summed E-state index contributed by atoms with van der Waals surface area (Å²) >= 11 is 0. The van der Waals surface area contributed by atoms with E-state index in [-0.39, 0.29) is 11.8 Å². The van der Waals surface area contributed by atoms with E-state index in [0.717, 1.165) is 17.6 Å². The third kappa shape index (κ3) is 4.64. The number of esters is 1. The van der Waals surface area contributed by atoms with Gasteiger partial charge >= 0.3 is 12.1 Å². The highest BCUT2D eigenvalue weighted by molar-refractivity contribution is 5.74. The number of allylic oxidation sites excluding steroid dienone is 1. The zero-order valence-electron chi connectivity index (χ0n) is 16.1. The van der Waals surface area contributed by atoms with Crippen LogP contribution in [0.4, 0.5) is 9.18 Å². The number of carboxylic acid groups (broad SMARTS) is 1. The highest BCUT2D eigenvalue weighted by Crippen LogP contribution is 2.42. The number of halogens is 1. The monoisotopic (exact) mass is 391 g/mol. The molecule has 0 aliphatic carbocycles. The SMILES string of the molecule is CCOC(=O)CCCCC1=CC2(CCN(C(=O)O)CC2)Oc2ccc(F)cc21. The zero-order valence-corrected chi connectivity index (χ0v) is 16.1. The molecule has 0 aromatic heterocycles. The molecule has 0 atom stereocenters. The maximum absolute atomic E-state index is 13.8. The van der Waals surface area contributed by atoms with Crippen LogP contribution >= 0.6 is 0 Å². The first-order valence-corrected chi connectivity index (χ1v) is 9.76. The Bertz CT molecular complexity index is 768. The topological polar surface area (TPSA) is 76.1 Å². The number of unbranched alkanes of at least 4 members (excludes halogenated alkanes) is 1. The summed E-state index contributed by atoms with van der Waals surface area (Å²) in [5, 5.41) is 9.18. The van der Waals surface area contributed by atoms with E-state index in [4.69, 9.17) is 9.47 Å². The molecule has 2 heterocycles. The number of likely N-dealkylation sites (tertiary alicyclic amines) is 1. The van der Waals surface area contributed by atoms with Crippen LogP contribution in [0.5, 0.6) is 5.75 Å². The third-order valence-electron chi connectivity index (χ3n) is 5.30. The molecule has 1 aromatic rings. The summed E-state index contributed by atoms with van der Waals surface area (Å²) in [4.78, 5) is 24.1. The van der Waals surface area contributed by atoms with Crippen LogP contribution in [-0.2, 0) is 9.53 Å². The van der Waals surface area contributed by atoms with Gasteiger partial charge in [0.2, 0.25) is 0 Å². The summed E-state index contributed by atoms with van der Waals surface area (Å²) in [5.74, 6) is 0.108. The largest absolute Gasteiger partial charge is 0.482 e. The number of amides is 1. The fourth-order valence-electron chi connectivity index (χ4n) is 3.83. The minimum absolute atomic E-state index is 0.201. The molecule has 0 unspecified atom stereocenters. The molecule has 6 nitrogen and oxygen atoms in total. The van der Waals surface area contributed by atoms with Gasteiger partial charge in [0, 0.05) is 37.9 Å². The predicted molar refractivity (Wildman–Crippen MR) is 102 cm³/mol. The molecular weight excluding hydrogens is 365 g/mol. The first kappa shape index (κ1) is 20.2.